The standard InChI is InChI=1S/C16H20N2O2S/c1-12-8-9-13(2)16(10-12)21(19,20)18-15(11-17)14-6-4-3-5-7-14/h3-10,15,18H,11,17H2,1-2H3. The van der Waals surface area contributed by atoms with Crippen LogP contribution in [0.25, 0.3) is 0 Å². The fourth-order valence-corrected chi connectivity index (χ4v) is 3.75. The second kappa shape index (κ2) is 6.39. The van der Waals surface area contributed by atoms with Crippen molar-refractivity contribution in [2.75, 3.05) is 6.54 Å². The maximum absolute atomic E-state index is 12.6. The van der Waals surface area contributed by atoms with E-state index in [2.05, 4.69) is 4.72 Å². The first kappa shape index (κ1) is 15.7. The summed E-state index contributed by atoms with van der Waals surface area (Å²) < 4.78 is 27.9. The van der Waals surface area contributed by atoms with Gasteiger partial charge < -0.3 is 5.73 Å². The topological polar surface area (TPSA) is 72.2 Å². The van der Waals surface area contributed by atoms with Crippen LogP contribution in [0.5, 0.6) is 0 Å². The molecule has 1 atom stereocenters. The molecule has 0 aliphatic heterocycles. The van der Waals surface area contributed by atoms with E-state index in [0.29, 0.717) is 4.90 Å². The Bertz CT molecular complexity index is 712. The normalized spacial score (nSPS) is 13.1. The van der Waals surface area contributed by atoms with Crippen LogP contribution in [0.2, 0.25) is 0 Å². The molecule has 0 amide bonds. The molecule has 5 heteroatoms. The zero-order chi connectivity index (χ0) is 15.5. The lowest BCUT2D eigenvalue weighted by Crippen LogP contribution is -2.33. The van der Waals surface area contributed by atoms with Crippen molar-refractivity contribution in [3.63, 3.8) is 0 Å². The van der Waals surface area contributed by atoms with E-state index in [-0.39, 0.29) is 6.54 Å². The molecule has 0 fully saturated rings. The summed E-state index contributed by atoms with van der Waals surface area (Å²) in [6.07, 6.45) is 0. The fraction of sp³-hybridized carbons (Fsp3) is 0.250. The van der Waals surface area contributed by atoms with E-state index in [0.717, 1.165) is 16.7 Å². The summed E-state index contributed by atoms with van der Waals surface area (Å²) in [7, 11) is -3.60. The summed E-state index contributed by atoms with van der Waals surface area (Å²) in [5.74, 6) is 0. The number of rotatable bonds is 5. The van der Waals surface area contributed by atoms with E-state index in [9.17, 15) is 8.42 Å². The van der Waals surface area contributed by atoms with Gasteiger partial charge in [-0.1, -0.05) is 42.5 Å². The molecule has 112 valence electrons. The number of nitrogens with two attached hydrogens (primary N) is 1. The van der Waals surface area contributed by atoms with Gasteiger partial charge >= 0.3 is 0 Å². The summed E-state index contributed by atoms with van der Waals surface area (Å²) >= 11 is 0. The van der Waals surface area contributed by atoms with Crippen LogP contribution >= 0.6 is 0 Å². The minimum atomic E-state index is -3.60. The number of benzene rings is 2. The Morgan fingerprint density at radius 3 is 2.38 bits per heavy atom. The van der Waals surface area contributed by atoms with E-state index in [1.807, 2.05) is 49.4 Å². The molecule has 0 aliphatic rings. The third kappa shape index (κ3) is 3.69. The molecule has 0 radical (unpaired) electrons. The highest BCUT2D eigenvalue weighted by Gasteiger charge is 2.22. The van der Waals surface area contributed by atoms with E-state index in [1.165, 1.54) is 0 Å². The molecule has 3 N–H and O–H groups in total. The van der Waals surface area contributed by atoms with Crippen molar-refractivity contribution in [1.29, 1.82) is 0 Å². The summed E-state index contributed by atoms with van der Waals surface area (Å²) in [5.41, 5.74) is 8.21. The maximum atomic E-state index is 12.6. The van der Waals surface area contributed by atoms with Gasteiger partial charge in [-0.3, -0.25) is 0 Å². The summed E-state index contributed by atoms with van der Waals surface area (Å²) in [4.78, 5) is 0.303. The molecular weight excluding hydrogens is 284 g/mol. The minimum Gasteiger partial charge on any atom is -0.329 e. The predicted octanol–water partition coefficient (Wildman–Crippen LogP) is 2.28. The first-order chi connectivity index (χ1) is 9.94. The van der Waals surface area contributed by atoms with Crippen molar-refractivity contribution in [1.82, 2.24) is 4.72 Å². The van der Waals surface area contributed by atoms with Gasteiger partial charge in [-0.2, -0.15) is 0 Å². The monoisotopic (exact) mass is 304 g/mol. The second-order valence-corrected chi connectivity index (χ2v) is 6.77. The molecular formula is C16H20N2O2S. The van der Waals surface area contributed by atoms with Crippen LogP contribution in [0, 0.1) is 13.8 Å². The molecule has 0 saturated carbocycles. The largest absolute Gasteiger partial charge is 0.329 e. The molecule has 2 aromatic carbocycles. The fourth-order valence-electron chi connectivity index (χ4n) is 2.19. The Hall–Kier alpha value is -1.69. The van der Waals surface area contributed by atoms with Crippen molar-refractivity contribution < 1.29 is 8.42 Å². The Labute approximate surface area is 126 Å². The van der Waals surface area contributed by atoms with Crippen LogP contribution in [-0.2, 0) is 10.0 Å². The Morgan fingerprint density at radius 1 is 1.10 bits per heavy atom. The van der Waals surface area contributed by atoms with Gasteiger partial charge in [-0.15, -0.1) is 0 Å². The molecule has 0 spiro atoms. The minimum absolute atomic E-state index is 0.202. The summed E-state index contributed by atoms with van der Waals surface area (Å²) in [6.45, 7) is 3.86. The van der Waals surface area contributed by atoms with E-state index in [1.54, 1.807) is 13.0 Å². The van der Waals surface area contributed by atoms with Crippen molar-refractivity contribution in [3.05, 3.63) is 65.2 Å². The van der Waals surface area contributed by atoms with Gasteiger partial charge in [0.1, 0.15) is 0 Å². The van der Waals surface area contributed by atoms with Crippen LogP contribution in [-0.4, -0.2) is 15.0 Å². The third-order valence-electron chi connectivity index (χ3n) is 3.37. The van der Waals surface area contributed by atoms with Gasteiger partial charge in [-0.05, 0) is 36.6 Å². The number of nitrogens with one attached hydrogen (secondary N) is 1. The van der Waals surface area contributed by atoms with Crippen LogP contribution in [0.15, 0.2) is 53.4 Å². The zero-order valence-corrected chi connectivity index (χ0v) is 13.0. The molecule has 4 nitrogen and oxygen atoms in total. The van der Waals surface area contributed by atoms with Crippen LogP contribution in [0.1, 0.15) is 22.7 Å². The van der Waals surface area contributed by atoms with E-state index >= 15 is 0 Å². The van der Waals surface area contributed by atoms with E-state index < -0.39 is 16.1 Å². The molecule has 21 heavy (non-hydrogen) atoms. The van der Waals surface area contributed by atoms with Gasteiger partial charge in [-0.25, -0.2) is 13.1 Å². The Kier molecular flexibility index (Phi) is 4.77. The highest BCUT2D eigenvalue weighted by atomic mass is 32.2. The number of sulfonamides is 1. The Balaban J connectivity index is 2.34. The first-order valence-corrected chi connectivity index (χ1v) is 8.27. The van der Waals surface area contributed by atoms with Crippen molar-refractivity contribution in [2.24, 2.45) is 5.73 Å². The molecule has 0 aromatic heterocycles. The zero-order valence-electron chi connectivity index (χ0n) is 12.2. The van der Waals surface area contributed by atoms with Crippen LogP contribution in [0.3, 0.4) is 0 Å². The van der Waals surface area contributed by atoms with Gasteiger partial charge in [0.15, 0.2) is 0 Å². The van der Waals surface area contributed by atoms with E-state index in [4.69, 9.17) is 5.73 Å². The SMILES string of the molecule is Cc1ccc(C)c(S(=O)(=O)NC(CN)c2ccccc2)c1. The molecule has 0 heterocycles. The highest BCUT2D eigenvalue weighted by Crippen LogP contribution is 2.20. The molecule has 1 unspecified atom stereocenters. The van der Waals surface area contributed by atoms with Crippen molar-refractivity contribution >= 4 is 10.0 Å². The number of hydrogen-bond acceptors (Lipinski definition) is 3. The lowest BCUT2D eigenvalue weighted by atomic mass is 10.1. The molecule has 2 aromatic rings. The predicted molar refractivity (Wildman–Crippen MR) is 84.5 cm³/mol. The highest BCUT2D eigenvalue weighted by molar-refractivity contribution is 7.89. The molecule has 0 aliphatic carbocycles. The maximum Gasteiger partial charge on any atom is 0.241 e. The van der Waals surface area contributed by atoms with Crippen molar-refractivity contribution in [3.8, 4) is 0 Å². The van der Waals surface area contributed by atoms with Crippen molar-refractivity contribution in [2.45, 2.75) is 24.8 Å². The summed E-state index contributed by atoms with van der Waals surface area (Å²) in [5, 5.41) is 0. The third-order valence-corrected chi connectivity index (χ3v) is 4.98. The van der Waals surface area contributed by atoms with Gasteiger partial charge in [0.05, 0.1) is 10.9 Å². The first-order valence-electron chi connectivity index (χ1n) is 6.78. The smallest absolute Gasteiger partial charge is 0.241 e. The van der Waals surface area contributed by atoms with Gasteiger partial charge in [0.25, 0.3) is 0 Å². The lowest BCUT2D eigenvalue weighted by molar-refractivity contribution is 0.557. The lowest BCUT2D eigenvalue weighted by Gasteiger charge is -2.18. The Morgan fingerprint density at radius 2 is 1.76 bits per heavy atom. The second-order valence-electron chi connectivity index (χ2n) is 5.09. The van der Waals surface area contributed by atoms with Gasteiger partial charge in [0.2, 0.25) is 10.0 Å². The number of aryl methyl sites for hydroxylation is 2. The van der Waals surface area contributed by atoms with Crippen LogP contribution in [0.4, 0.5) is 0 Å². The average molecular weight is 304 g/mol. The number of hydrogen-bond donors (Lipinski definition) is 2. The quantitative estimate of drug-likeness (QED) is 0.890. The van der Waals surface area contributed by atoms with Crippen LogP contribution < -0.4 is 10.5 Å². The molecule has 0 saturated heterocycles. The summed E-state index contributed by atoms with van der Waals surface area (Å²) in [6, 6.07) is 14.3. The molecule has 2 rings (SSSR count). The average Bonchev–Trinajstić information content (AvgIpc) is 2.48. The van der Waals surface area contributed by atoms with Gasteiger partial charge in [0, 0.05) is 6.54 Å². The molecule has 0 bridgehead atoms.